The molecule has 0 aliphatic heterocycles. The first-order chi connectivity index (χ1) is 12.3. The van der Waals surface area contributed by atoms with Crippen LogP contribution in [0, 0.1) is 17.8 Å². The van der Waals surface area contributed by atoms with E-state index in [4.69, 9.17) is 14.2 Å². The summed E-state index contributed by atoms with van der Waals surface area (Å²) in [4.78, 5) is 0. The van der Waals surface area contributed by atoms with Gasteiger partial charge in [0.2, 0.25) is 0 Å². The van der Waals surface area contributed by atoms with Crippen molar-refractivity contribution in [3.63, 3.8) is 0 Å². The zero-order valence-corrected chi connectivity index (χ0v) is 15.0. The molecule has 0 heterocycles. The van der Waals surface area contributed by atoms with Crippen LogP contribution in [0.1, 0.15) is 18.1 Å². The van der Waals surface area contributed by atoms with E-state index in [0.717, 1.165) is 22.6 Å². The summed E-state index contributed by atoms with van der Waals surface area (Å²) in [5.74, 6) is 8.11. The largest absolute Gasteiger partial charge is 0.497 e. The first-order valence-electron chi connectivity index (χ1n) is 8.25. The van der Waals surface area contributed by atoms with Crippen molar-refractivity contribution in [2.45, 2.75) is 13.5 Å². The molecule has 0 aliphatic rings. The summed E-state index contributed by atoms with van der Waals surface area (Å²) in [6.45, 7) is 3.08. The Labute approximate surface area is 150 Å². The third kappa shape index (κ3) is 6.02. The molecule has 3 nitrogen and oxygen atoms in total. The van der Waals surface area contributed by atoms with Crippen LogP contribution in [0.25, 0.3) is 0 Å². The SMILES string of the molecule is C/C=C/[C@@H](C#Cc1ccccc1OC)COCc1ccc(OC)cc1. The highest BCUT2D eigenvalue weighted by atomic mass is 16.5. The van der Waals surface area contributed by atoms with Gasteiger partial charge in [0, 0.05) is 0 Å². The molecule has 0 radical (unpaired) electrons. The Balaban J connectivity index is 1.95. The van der Waals surface area contributed by atoms with E-state index in [0.29, 0.717) is 13.2 Å². The van der Waals surface area contributed by atoms with Crippen LogP contribution in [0.3, 0.4) is 0 Å². The van der Waals surface area contributed by atoms with Crippen molar-refractivity contribution in [3.05, 3.63) is 71.8 Å². The molecule has 1 atom stereocenters. The van der Waals surface area contributed by atoms with Gasteiger partial charge in [0.1, 0.15) is 11.5 Å². The average molecular weight is 336 g/mol. The number of para-hydroxylation sites is 1. The zero-order chi connectivity index (χ0) is 17.9. The van der Waals surface area contributed by atoms with Gasteiger partial charge in [-0.15, -0.1) is 0 Å². The van der Waals surface area contributed by atoms with Crippen molar-refractivity contribution in [1.29, 1.82) is 0 Å². The maximum Gasteiger partial charge on any atom is 0.134 e. The van der Waals surface area contributed by atoms with E-state index in [1.54, 1.807) is 14.2 Å². The lowest BCUT2D eigenvalue weighted by Crippen LogP contribution is -2.05. The number of hydrogen-bond acceptors (Lipinski definition) is 3. The Bertz CT molecular complexity index is 736. The number of ether oxygens (including phenoxy) is 3. The minimum atomic E-state index is 0.0353. The van der Waals surface area contributed by atoms with E-state index in [-0.39, 0.29) is 5.92 Å². The van der Waals surface area contributed by atoms with Gasteiger partial charge in [-0.2, -0.15) is 0 Å². The molecule has 0 spiro atoms. The van der Waals surface area contributed by atoms with Crippen LogP contribution >= 0.6 is 0 Å². The topological polar surface area (TPSA) is 27.7 Å². The monoisotopic (exact) mass is 336 g/mol. The number of hydrogen-bond donors (Lipinski definition) is 0. The average Bonchev–Trinajstić information content (AvgIpc) is 2.66. The van der Waals surface area contributed by atoms with Crippen molar-refractivity contribution in [2.24, 2.45) is 5.92 Å². The van der Waals surface area contributed by atoms with Crippen molar-refractivity contribution in [2.75, 3.05) is 20.8 Å². The molecule has 3 heteroatoms. The van der Waals surface area contributed by atoms with Crippen molar-refractivity contribution >= 4 is 0 Å². The van der Waals surface area contributed by atoms with E-state index in [1.165, 1.54) is 0 Å². The van der Waals surface area contributed by atoms with Crippen molar-refractivity contribution in [3.8, 4) is 23.3 Å². The summed E-state index contributed by atoms with van der Waals surface area (Å²) in [5, 5.41) is 0. The highest BCUT2D eigenvalue weighted by Gasteiger charge is 2.03. The second-order valence-corrected chi connectivity index (χ2v) is 5.47. The second kappa shape index (κ2) is 10.2. The van der Waals surface area contributed by atoms with E-state index < -0.39 is 0 Å². The van der Waals surface area contributed by atoms with Crippen LogP contribution in [0.2, 0.25) is 0 Å². The van der Waals surface area contributed by atoms with E-state index in [1.807, 2.05) is 61.5 Å². The van der Waals surface area contributed by atoms with Crippen LogP contribution < -0.4 is 9.47 Å². The summed E-state index contributed by atoms with van der Waals surface area (Å²) < 4.78 is 16.3. The third-order valence-corrected chi connectivity index (χ3v) is 3.65. The Morgan fingerprint density at radius 3 is 2.44 bits per heavy atom. The molecule has 0 bridgehead atoms. The molecule has 0 amide bonds. The molecule has 130 valence electrons. The van der Waals surface area contributed by atoms with Gasteiger partial charge in [0.25, 0.3) is 0 Å². The molecule has 25 heavy (non-hydrogen) atoms. The van der Waals surface area contributed by atoms with Crippen LogP contribution in [-0.2, 0) is 11.3 Å². The van der Waals surface area contributed by atoms with Crippen LogP contribution in [0.4, 0.5) is 0 Å². The Kier molecular flexibility index (Phi) is 7.62. The number of allylic oxidation sites excluding steroid dienone is 1. The van der Waals surface area contributed by atoms with Crippen molar-refractivity contribution in [1.82, 2.24) is 0 Å². The lowest BCUT2D eigenvalue weighted by atomic mass is 10.1. The fraction of sp³-hybridized carbons (Fsp3) is 0.273. The second-order valence-electron chi connectivity index (χ2n) is 5.47. The minimum Gasteiger partial charge on any atom is -0.497 e. The maximum atomic E-state index is 5.83. The van der Waals surface area contributed by atoms with Gasteiger partial charge < -0.3 is 14.2 Å². The summed E-state index contributed by atoms with van der Waals surface area (Å²) in [6, 6.07) is 15.6. The van der Waals surface area contributed by atoms with Crippen LogP contribution in [-0.4, -0.2) is 20.8 Å². The first-order valence-corrected chi connectivity index (χ1v) is 8.25. The fourth-order valence-corrected chi connectivity index (χ4v) is 2.32. The van der Waals surface area contributed by atoms with E-state index in [9.17, 15) is 0 Å². The van der Waals surface area contributed by atoms with E-state index in [2.05, 4.69) is 17.9 Å². The highest BCUT2D eigenvalue weighted by Crippen LogP contribution is 2.16. The Morgan fingerprint density at radius 2 is 1.76 bits per heavy atom. The van der Waals surface area contributed by atoms with Gasteiger partial charge in [-0.1, -0.05) is 48.3 Å². The van der Waals surface area contributed by atoms with Crippen LogP contribution in [0.15, 0.2) is 60.7 Å². The molecule has 2 aromatic carbocycles. The maximum absolute atomic E-state index is 5.83. The fourth-order valence-electron chi connectivity index (χ4n) is 2.32. The molecular weight excluding hydrogens is 312 g/mol. The Morgan fingerprint density at radius 1 is 1.00 bits per heavy atom. The zero-order valence-electron chi connectivity index (χ0n) is 15.0. The summed E-state index contributed by atoms with van der Waals surface area (Å²) in [6.07, 6.45) is 4.05. The lowest BCUT2D eigenvalue weighted by Gasteiger charge is -2.08. The number of methoxy groups -OCH3 is 2. The molecule has 2 aromatic rings. The van der Waals surface area contributed by atoms with Gasteiger partial charge in [-0.3, -0.25) is 0 Å². The smallest absolute Gasteiger partial charge is 0.134 e. The molecule has 0 N–H and O–H groups in total. The summed E-state index contributed by atoms with van der Waals surface area (Å²) in [5.41, 5.74) is 1.99. The molecule has 2 rings (SSSR count). The molecule has 0 aromatic heterocycles. The number of rotatable bonds is 7. The van der Waals surface area contributed by atoms with Gasteiger partial charge in [0.05, 0.1) is 38.9 Å². The van der Waals surface area contributed by atoms with Gasteiger partial charge in [0.15, 0.2) is 0 Å². The molecular formula is C22H24O3. The predicted octanol–water partition coefficient (Wildman–Crippen LogP) is 4.46. The normalized spacial score (nSPS) is 11.6. The van der Waals surface area contributed by atoms with Gasteiger partial charge >= 0.3 is 0 Å². The highest BCUT2D eigenvalue weighted by molar-refractivity contribution is 5.46. The molecule has 0 unspecified atom stereocenters. The third-order valence-electron chi connectivity index (χ3n) is 3.65. The first kappa shape index (κ1) is 18.6. The molecule has 0 saturated heterocycles. The molecule has 0 aliphatic carbocycles. The summed E-state index contributed by atoms with van der Waals surface area (Å²) >= 11 is 0. The van der Waals surface area contributed by atoms with Crippen LogP contribution in [0.5, 0.6) is 11.5 Å². The predicted molar refractivity (Wildman–Crippen MR) is 101 cm³/mol. The van der Waals surface area contributed by atoms with E-state index >= 15 is 0 Å². The number of benzene rings is 2. The quantitative estimate of drug-likeness (QED) is 0.552. The molecule has 0 saturated carbocycles. The molecule has 0 fully saturated rings. The van der Waals surface area contributed by atoms with Gasteiger partial charge in [-0.25, -0.2) is 0 Å². The van der Waals surface area contributed by atoms with Crippen molar-refractivity contribution < 1.29 is 14.2 Å². The minimum absolute atomic E-state index is 0.0353. The van der Waals surface area contributed by atoms with Gasteiger partial charge in [-0.05, 0) is 36.8 Å². The standard InChI is InChI=1S/C22H24O3/c1-4-7-18(10-13-20-8-5-6-9-22(20)24-3)16-25-17-19-11-14-21(23-2)15-12-19/h4-9,11-12,14-15,18H,16-17H2,1-3H3/b7-4+/t18-/m0/s1. The lowest BCUT2D eigenvalue weighted by molar-refractivity contribution is 0.111. The Hall–Kier alpha value is -2.70. The summed E-state index contributed by atoms with van der Waals surface area (Å²) in [7, 11) is 3.31.